The lowest BCUT2D eigenvalue weighted by atomic mass is 9.84. The fraction of sp³-hybridized carbons (Fsp3) is 0.720. The second-order valence-electron chi connectivity index (χ2n) is 8.86. The summed E-state index contributed by atoms with van der Waals surface area (Å²) in [6.45, 7) is 9.80. The van der Waals surface area contributed by atoms with Gasteiger partial charge in [0.25, 0.3) is 0 Å². The zero-order valence-electron chi connectivity index (χ0n) is 19.8. The maximum absolute atomic E-state index is 11.4. The van der Waals surface area contributed by atoms with Gasteiger partial charge in [0.1, 0.15) is 0 Å². The minimum absolute atomic E-state index is 0.185. The molecule has 0 saturated carbocycles. The summed E-state index contributed by atoms with van der Waals surface area (Å²) in [4.78, 5) is 11.4. The number of unbranched alkanes of at least 4 members (excludes halogenated alkanes) is 1. The third-order valence-corrected chi connectivity index (χ3v) is 5.88. The third-order valence-electron chi connectivity index (χ3n) is 5.88. The molecule has 172 valence electrons. The van der Waals surface area contributed by atoms with Crippen LogP contribution >= 0.6 is 0 Å². The highest BCUT2D eigenvalue weighted by Crippen LogP contribution is 2.31. The van der Waals surface area contributed by atoms with Crippen LogP contribution in [0.1, 0.15) is 65.4 Å². The normalized spacial score (nSPS) is 13.5. The number of rotatable bonds is 16. The number of aliphatic carboxylic acids is 1. The number of benzene rings is 1. The first-order valence-electron chi connectivity index (χ1n) is 11.3. The molecule has 0 aliphatic carbocycles. The van der Waals surface area contributed by atoms with Gasteiger partial charge in [-0.2, -0.15) is 0 Å². The molecule has 0 aliphatic heterocycles. The van der Waals surface area contributed by atoms with E-state index in [4.69, 9.17) is 14.2 Å². The van der Waals surface area contributed by atoms with Crippen LogP contribution < -0.4 is 9.47 Å². The Kier molecular flexibility index (Phi) is 12.5. The highest BCUT2D eigenvalue weighted by molar-refractivity contribution is 5.70. The molecule has 0 fully saturated rings. The molecule has 2 atom stereocenters. The summed E-state index contributed by atoms with van der Waals surface area (Å²) < 4.78 is 16.5. The lowest BCUT2D eigenvalue weighted by Gasteiger charge is -2.22. The smallest absolute Gasteiger partial charge is 0.306 e. The molecule has 5 nitrogen and oxygen atoms in total. The van der Waals surface area contributed by atoms with Crippen molar-refractivity contribution in [3.8, 4) is 11.5 Å². The van der Waals surface area contributed by atoms with E-state index in [1.54, 1.807) is 14.2 Å². The first-order valence-corrected chi connectivity index (χ1v) is 11.3. The van der Waals surface area contributed by atoms with E-state index in [2.05, 4.69) is 26.0 Å². The highest BCUT2D eigenvalue weighted by Gasteiger charge is 2.21. The van der Waals surface area contributed by atoms with Crippen LogP contribution in [0.2, 0.25) is 0 Å². The van der Waals surface area contributed by atoms with E-state index < -0.39 is 5.97 Å². The minimum Gasteiger partial charge on any atom is -0.493 e. The first kappa shape index (κ1) is 26.3. The lowest BCUT2D eigenvalue weighted by Crippen LogP contribution is -2.19. The van der Waals surface area contributed by atoms with Gasteiger partial charge in [0.05, 0.1) is 19.6 Å². The summed E-state index contributed by atoms with van der Waals surface area (Å²) in [5.74, 6) is 1.95. The van der Waals surface area contributed by atoms with Crippen LogP contribution in [0.5, 0.6) is 11.5 Å². The fourth-order valence-electron chi connectivity index (χ4n) is 3.83. The van der Waals surface area contributed by atoms with Gasteiger partial charge in [-0.1, -0.05) is 46.6 Å². The molecule has 1 aromatic carbocycles. The van der Waals surface area contributed by atoms with Crippen molar-refractivity contribution in [1.82, 2.24) is 0 Å². The Morgan fingerprint density at radius 2 is 1.63 bits per heavy atom. The van der Waals surface area contributed by atoms with E-state index in [-0.39, 0.29) is 11.8 Å². The largest absolute Gasteiger partial charge is 0.493 e. The van der Waals surface area contributed by atoms with Crippen molar-refractivity contribution in [2.75, 3.05) is 27.4 Å². The van der Waals surface area contributed by atoms with Gasteiger partial charge in [-0.25, -0.2) is 0 Å². The number of methoxy groups -OCH3 is 2. The molecule has 1 aromatic rings. The molecular formula is C25H42O5. The van der Waals surface area contributed by atoms with Gasteiger partial charge < -0.3 is 19.3 Å². The zero-order valence-corrected chi connectivity index (χ0v) is 19.8. The number of carboxylic acid groups (broad SMARTS) is 1. The van der Waals surface area contributed by atoms with Gasteiger partial charge in [0.2, 0.25) is 0 Å². The summed E-state index contributed by atoms with van der Waals surface area (Å²) in [6, 6.07) is 6.20. The predicted molar refractivity (Wildman–Crippen MR) is 121 cm³/mol. The average Bonchev–Trinajstić information content (AvgIpc) is 2.69. The van der Waals surface area contributed by atoms with E-state index in [0.717, 1.165) is 50.0 Å². The summed E-state index contributed by atoms with van der Waals surface area (Å²) >= 11 is 0. The molecule has 0 unspecified atom stereocenters. The van der Waals surface area contributed by atoms with Crippen LogP contribution in [0.3, 0.4) is 0 Å². The summed E-state index contributed by atoms with van der Waals surface area (Å²) in [5.41, 5.74) is 1.25. The Morgan fingerprint density at radius 3 is 2.20 bits per heavy atom. The van der Waals surface area contributed by atoms with Gasteiger partial charge in [-0.05, 0) is 54.7 Å². The Bertz CT molecular complexity index is 612. The topological polar surface area (TPSA) is 65.0 Å². The van der Waals surface area contributed by atoms with Crippen molar-refractivity contribution in [3.63, 3.8) is 0 Å². The van der Waals surface area contributed by atoms with Crippen molar-refractivity contribution >= 4 is 5.97 Å². The van der Waals surface area contributed by atoms with E-state index in [1.165, 1.54) is 5.56 Å². The zero-order chi connectivity index (χ0) is 22.5. The minimum atomic E-state index is -0.665. The van der Waals surface area contributed by atoms with Crippen molar-refractivity contribution in [2.45, 2.75) is 66.2 Å². The van der Waals surface area contributed by atoms with Crippen LogP contribution in [0.25, 0.3) is 0 Å². The molecular weight excluding hydrogens is 380 g/mol. The van der Waals surface area contributed by atoms with Crippen molar-refractivity contribution in [1.29, 1.82) is 0 Å². The van der Waals surface area contributed by atoms with E-state index in [0.29, 0.717) is 25.0 Å². The maximum Gasteiger partial charge on any atom is 0.306 e. The summed E-state index contributed by atoms with van der Waals surface area (Å²) in [7, 11) is 3.35. The van der Waals surface area contributed by atoms with Gasteiger partial charge in [0, 0.05) is 20.1 Å². The first-order chi connectivity index (χ1) is 14.3. The Hall–Kier alpha value is -1.75. The number of ether oxygens (including phenoxy) is 3. The Morgan fingerprint density at radius 1 is 0.933 bits per heavy atom. The number of hydrogen-bond acceptors (Lipinski definition) is 4. The molecule has 30 heavy (non-hydrogen) atoms. The van der Waals surface area contributed by atoms with Crippen LogP contribution in [-0.2, 0) is 16.0 Å². The van der Waals surface area contributed by atoms with Crippen LogP contribution in [0.4, 0.5) is 0 Å². The SMILES string of the molecule is COCCCOc1cc(C[C@@H](CCCC[C@H](C(=O)O)C(C)C)C(C)C)ccc1OC. The summed E-state index contributed by atoms with van der Waals surface area (Å²) in [5, 5.41) is 9.37. The maximum atomic E-state index is 11.4. The van der Waals surface area contributed by atoms with Crippen molar-refractivity contribution in [2.24, 2.45) is 23.7 Å². The van der Waals surface area contributed by atoms with Gasteiger partial charge >= 0.3 is 5.97 Å². The van der Waals surface area contributed by atoms with E-state index in [9.17, 15) is 9.90 Å². The summed E-state index contributed by atoms with van der Waals surface area (Å²) in [6.07, 6.45) is 5.73. The average molecular weight is 423 g/mol. The molecule has 1 rings (SSSR count). The highest BCUT2D eigenvalue weighted by atomic mass is 16.5. The van der Waals surface area contributed by atoms with Gasteiger partial charge in [-0.3, -0.25) is 4.79 Å². The second kappa shape index (κ2) is 14.3. The number of carbonyl (C=O) groups is 1. The van der Waals surface area contributed by atoms with Crippen LogP contribution in [0, 0.1) is 23.7 Å². The molecule has 0 radical (unpaired) electrons. The standard InChI is InChI=1S/C25H42O5/c1-18(2)21(10-7-8-11-22(19(3)4)25(26)27)16-20-12-13-23(29-6)24(17-20)30-15-9-14-28-5/h12-13,17-19,21-22H,7-11,14-16H2,1-6H3,(H,26,27)/t21-,22+/m1/s1. The van der Waals surface area contributed by atoms with E-state index >= 15 is 0 Å². The van der Waals surface area contributed by atoms with Crippen molar-refractivity contribution in [3.05, 3.63) is 23.8 Å². The van der Waals surface area contributed by atoms with Crippen LogP contribution in [-0.4, -0.2) is 38.5 Å². The molecule has 1 N–H and O–H groups in total. The quantitative estimate of drug-likeness (QED) is 0.339. The van der Waals surface area contributed by atoms with Crippen molar-refractivity contribution < 1.29 is 24.1 Å². The van der Waals surface area contributed by atoms with Gasteiger partial charge in [0.15, 0.2) is 11.5 Å². The molecule has 0 heterocycles. The molecule has 0 aliphatic rings. The molecule has 0 saturated heterocycles. The molecule has 0 bridgehead atoms. The molecule has 0 spiro atoms. The number of hydrogen-bond donors (Lipinski definition) is 1. The van der Waals surface area contributed by atoms with Gasteiger partial charge in [-0.15, -0.1) is 0 Å². The number of carboxylic acids is 1. The molecule has 0 aromatic heterocycles. The van der Waals surface area contributed by atoms with Crippen LogP contribution in [0.15, 0.2) is 18.2 Å². The third kappa shape index (κ3) is 9.38. The monoisotopic (exact) mass is 422 g/mol. The molecule has 0 amide bonds. The Balaban J connectivity index is 2.66. The second-order valence-corrected chi connectivity index (χ2v) is 8.86. The Labute approximate surface area is 183 Å². The predicted octanol–water partition coefficient (Wildman–Crippen LogP) is 5.84. The fourth-order valence-corrected chi connectivity index (χ4v) is 3.83. The van der Waals surface area contributed by atoms with E-state index in [1.807, 2.05) is 19.9 Å². The lowest BCUT2D eigenvalue weighted by molar-refractivity contribution is -0.143. The molecule has 5 heteroatoms.